The van der Waals surface area contributed by atoms with Gasteiger partial charge in [0.05, 0.1) is 12.0 Å². The van der Waals surface area contributed by atoms with Crippen molar-refractivity contribution in [1.82, 2.24) is 0 Å². The summed E-state index contributed by atoms with van der Waals surface area (Å²) in [5.41, 5.74) is 5.94. The van der Waals surface area contributed by atoms with E-state index in [2.05, 4.69) is 0 Å². The second kappa shape index (κ2) is 5.04. The van der Waals surface area contributed by atoms with Gasteiger partial charge in [0.1, 0.15) is 0 Å². The van der Waals surface area contributed by atoms with Crippen LogP contribution in [-0.2, 0) is 10.4 Å². The van der Waals surface area contributed by atoms with Gasteiger partial charge in [-0.05, 0) is 37.1 Å². The maximum absolute atomic E-state index is 10.6. The van der Waals surface area contributed by atoms with Crippen LogP contribution in [0.3, 0.4) is 0 Å². The van der Waals surface area contributed by atoms with Gasteiger partial charge < -0.3 is 15.9 Å². The Balaban J connectivity index is 3.09. The molecule has 94 valence electrons. The number of carboxylic acid groups (broad SMARTS) is 1. The summed E-state index contributed by atoms with van der Waals surface area (Å²) >= 11 is 5.92. The summed E-state index contributed by atoms with van der Waals surface area (Å²) in [6, 6.07) is 4.30. The first-order valence-corrected chi connectivity index (χ1v) is 5.58. The second-order valence-corrected chi connectivity index (χ2v) is 4.97. The maximum atomic E-state index is 10.6. The number of aliphatic hydroxyl groups is 1. The Bertz CT molecular complexity index is 426. The van der Waals surface area contributed by atoms with Crippen molar-refractivity contribution in [1.29, 1.82) is 0 Å². The minimum Gasteiger partial charge on any atom is -0.481 e. The molecule has 1 aromatic rings. The highest BCUT2D eigenvalue weighted by Gasteiger charge is 2.19. The van der Waals surface area contributed by atoms with E-state index in [0.29, 0.717) is 16.1 Å². The van der Waals surface area contributed by atoms with Crippen LogP contribution in [0.4, 0.5) is 0 Å². The minimum absolute atomic E-state index is 0.175. The highest BCUT2D eigenvalue weighted by molar-refractivity contribution is 6.30. The summed E-state index contributed by atoms with van der Waals surface area (Å²) in [4.78, 5) is 10.6. The first kappa shape index (κ1) is 14.0. The van der Waals surface area contributed by atoms with E-state index in [1.807, 2.05) is 0 Å². The molecule has 0 aromatic heterocycles. The largest absolute Gasteiger partial charge is 0.481 e. The van der Waals surface area contributed by atoms with Crippen LogP contribution in [-0.4, -0.2) is 16.2 Å². The van der Waals surface area contributed by atoms with Crippen molar-refractivity contribution in [3.8, 4) is 0 Å². The topological polar surface area (TPSA) is 83.5 Å². The maximum Gasteiger partial charge on any atom is 0.305 e. The molecule has 0 fully saturated rings. The fourth-order valence-corrected chi connectivity index (χ4v) is 1.73. The summed E-state index contributed by atoms with van der Waals surface area (Å²) in [7, 11) is 0. The van der Waals surface area contributed by atoms with Gasteiger partial charge in [0, 0.05) is 11.1 Å². The zero-order valence-electron chi connectivity index (χ0n) is 9.77. The number of rotatable bonds is 4. The van der Waals surface area contributed by atoms with E-state index in [1.54, 1.807) is 32.0 Å². The van der Waals surface area contributed by atoms with E-state index < -0.39 is 17.6 Å². The van der Waals surface area contributed by atoms with Crippen molar-refractivity contribution in [3.05, 3.63) is 34.3 Å². The number of nitrogens with two attached hydrogens (primary N) is 1. The number of carbonyl (C=O) groups is 1. The van der Waals surface area contributed by atoms with Crippen LogP contribution in [0.25, 0.3) is 0 Å². The molecule has 0 amide bonds. The third-order valence-electron chi connectivity index (χ3n) is 2.45. The highest BCUT2D eigenvalue weighted by Crippen LogP contribution is 2.27. The van der Waals surface area contributed by atoms with E-state index in [1.165, 1.54) is 0 Å². The van der Waals surface area contributed by atoms with Gasteiger partial charge in [0.25, 0.3) is 0 Å². The van der Waals surface area contributed by atoms with Gasteiger partial charge in [-0.3, -0.25) is 4.79 Å². The number of hydrogen-bond acceptors (Lipinski definition) is 3. The third-order valence-corrected chi connectivity index (χ3v) is 2.67. The molecule has 0 aliphatic heterocycles. The zero-order chi connectivity index (χ0) is 13.2. The Kier molecular flexibility index (Phi) is 4.14. The molecule has 0 bridgehead atoms. The van der Waals surface area contributed by atoms with Crippen molar-refractivity contribution < 1.29 is 15.0 Å². The van der Waals surface area contributed by atoms with E-state index >= 15 is 0 Å². The van der Waals surface area contributed by atoms with Crippen molar-refractivity contribution in [2.75, 3.05) is 0 Å². The smallest absolute Gasteiger partial charge is 0.305 e. The quantitative estimate of drug-likeness (QED) is 0.771. The average Bonchev–Trinajstić information content (AvgIpc) is 2.14. The Labute approximate surface area is 105 Å². The van der Waals surface area contributed by atoms with Crippen molar-refractivity contribution in [2.45, 2.75) is 31.9 Å². The van der Waals surface area contributed by atoms with Crippen molar-refractivity contribution in [3.63, 3.8) is 0 Å². The Morgan fingerprint density at radius 3 is 2.53 bits per heavy atom. The fraction of sp³-hybridized carbons (Fsp3) is 0.417. The van der Waals surface area contributed by atoms with Crippen molar-refractivity contribution >= 4 is 17.6 Å². The van der Waals surface area contributed by atoms with Gasteiger partial charge in [0.2, 0.25) is 0 Å². The zero-order valence-corrected chi connectivity index (χ0v) is 10.5. The molecule has 1 aromatic carbocycles. The van der Waals surface area contributed by atoms with Crippen LogP contribution in [0.5, 0.6) is 0 Å². The average molecular weight is 258 g/mol. The number of benzene rings is 1. The lowest BCUT2D eigenvalue weighted by Gasteiger charge is -2.20. The molecule has 5 heteroatoms. The van der Waals surface area contributed by atoms with Crippen LogP contribution >= 0.6 is 11.6 Å². The van der Waals surface area contributed by atoms with Gasteiger partial charge in [-0.1, -0.05) is 17.7 Å². The fourth-order valence-electron chi connectivity index (χ4n) is 1.49. The molecule has 1 rings (SSSR count). The predicted molar refractivity (Wildman–Crippen MR) is 65.9 cm³/mol. The molecule has 0 heterocycles. The van der Waals surface area contributed by atoms with Gasteiger partial charge >= 0.3 is 5.97 Å². The lowest BCUT2D eigenvalue weighted by atomic mass is 9.94. The van der Waals surface area contributed by atoms with E-state index in [9.17, 15) is 9.90 Å². The van der Waals surface area contributed by atoms with Crippen molar-refractivity contribution in [2.24, 2.45) is 5.73 Å². The number of carboxylic acids is 1. The van der Waals surface area contributed by atoms with Crippen LogP contribution in [0.1, 0.15) is 37.4 Å². The number of aliphatic carboxylic acids is 1. The van der Waals surface area contributed by atoms with Gasteiger partial charge in [-0.2, -0.15) is 0 Å². The molecule has 0 spiro atoms. The molecule has 17 heavy (non-hydrogen) atoms. The molecule has 0 saturated carbocycles. The second-order valence-electron chi connectivity index (χ2n) is 4.54. The summed E-state index contributed by atoms with van der Waals surface area (Å²) in [5, 5.41) is 19.0. The van der Waals surface area contributed by atoms with E-state index in [0.717, 1.165) is 0 Å². The van der Waals surface area contributed by atoms with Gasteiger partial charge in [-0.15, -0.1) is 0 Å². The first-order valence-electron chi connectivity index (χ1n) is 5.21. The standard InChI is InChI=1S/C12H16ClNO3/c1-12(2,17)8-3-7(4-9(13)5-8)10(14)6-11(15)16/h3-5,10,17H,6,14H2,1-2H3,(H,15,16)/t10-/m0/s1. The van der Waals surface area contributed by atoms with E-state index in [-0.39, 0.29) is 6.42 Å². The highest BCUT2D eigenvalue weighted by atomic mass is 35.5. The molecular formula is C12H16ClNO3. The SMILES string of the molecule is CC(C)(O)c1cc(Cl)cc([C@@H](N)CC(=O)O)c1. The normalized spacial score (nSPS) is 13.5. The molecule has 0 aliphatic carbocycles. The summed E-state index contributed by atoms with van der Waals surface area (Å²) in [5.74, 6) is -0.970. The minimum atomic E-state index is -1.04. The molecule has 4 nitrogen and oxygen atoms in total. The molecule has 4 N–H and O–H groups in total. The Morgan fingerprint density at radius 1 is 1.47 bits per heavy atom. The van der Waals surface area contributed by atoms with Crippen LogP contribution in [0.15, 0.2) is 18.2 Å². The lowest BCUT2D eigenvalue weighted by molar-refractivity contribution is -0.137. The van der Waals surface area contributed by atoms with Crippen LogP contribution in [0.2, 0.25) is 5.02 Å². The molecular weight excluding hydrogens is 242 g/mol. The summed E-state index contributed by atoms with van der Waals surface area (Å²) in [6.45, 7) is 3.26. The molecule has 0 unspecified atom stereocenters. The van der Waals surface area contributed by atoms with E-state index in [4.69, 9.17) is 22.4 Å². The predicted octanol–water partition coefficient (Wildman–Crippen LogP) is 2.04. The van der Waals surface area contributed by atoms with Gasteiger partial charge in [-0.25, -0.2) is 0 Å². The van der Waals surface area contributed by atoms with Gasteiger partial charge in [0.15, 0.2) is 0 Å². The number of hydrogen-bond donors (Lipinski definition) is 3. The van der Waals surface area contributed by atoms with Crippen LogP contribution in [0, 0.1) is 0 Å². The Hall–Kier alpha value is -1.10. The molecule has 1 atom stereocenters. The number of halogens is 1. The summed E-state index contributed by atoms with van der Waals surface area (Å²) in [6.07, 6.45) is -0.175. The third kappa shape index (κ3) is 4.00. The monoisotopic (exact) mass is 257 g/mol. The summed E-state index contributed by atoms with van der Waals surface area (Å²) < 4.78 is 0. The first-order chi connectivity index (χ1) is 7.70. The van der Waals surface area contributed by atoms with Crippen LogP contribution < -0.4 is 5.73 Å². The molecule has 0 aliphatic rings. The Morgan fingerprint density at radius 2 is 2.06 bits per heavy atom. The molecule has 0 radical (unpaired) electrons. The molecule has 0 saturated heterocycles. The lowest BCUT2D eigenvalue weighted by Crippen LogP contribution is -2.19.